The Morgan fingerprint density at radius 3 is 2.60 bits per heavy atom. The zero-order valence-corrected chi connectivity index (χ0v) is 7.34. The largest absolute Gasteiger partial charge is 0.274 e. The van der Waals surface area contributed by atoms with E-state index in [1.807, 2.05) is 12.1 Å². The highest BCUT2D eigenvalue weighted by molar-refractivity contribution is 7.99. The van der Waals surface area contributed by atoms with Crippen molar-refractivity contribution in [2.75, 3.05) is 6.26 Å². The molecule has 1 rings (SSSR count). The van der Waals surface area contributed by atoms with E-state index in [2.05, 4.69) is 18.4 Å². The number of nitrogens with two attached hydrogens (primary N) is 1. The van der Waals surface area contributed by atoms with Crippen LogP contribution in [-0.2, 0) is 0 Å². The highest BCUT2D eigenvalue weighted by atomic mass is 32.2. The standard InChI is InChI=1S/C7H9NS2/c1-9-6-3-2-4-7(5-6)10-8/h2-5H,8H2,1H3. The molecule has 0 aliphatic heterocycles. The van der Waals surface area contributed by atoms with Gasteiger partial charge in [-0.15, -0.1) is 11.8 Å². The summed E-state index contributed by atoms with van der Waals surface area (Å²) >= 11 is 3.01. The van der Waals surface area contributed by atoms with Crippen molar-refractivity contribution in [2.45, 2.75) is 9.79 Å². The van der Waals surface area contributed by atoms with Crippen LogP contribution in [0.4, 0.5) is 0 Å². The van der Waals surface area contributed by atoms with Gasteiger partial charge in [0.2, 0.25) is 0 Å². The molecule has 0 radical (unpaired) electrons. The molecule has 54 valence electrons. The van der Waals surface area contributed by atoms with Gasteiger partial charge in [-0.25, -0.2) is 0 Å². The third-order valence-corrected chi connectivity index (χ3v) is 2.43. The predicted molar refractivity (Wildman–Crippen MR) is 48.3 cm³/mol. The van der Waals surface area contributed by atoms with Crippen molar-refractivity contribution in [3.05, 3.63) is 24.3 Å². The average molecular weight is 171 g/mol. The fraction of sp³-hybridized carbons (Fsp3) is 0.143. The number of hydrogen-bond acceptors (Lipinski definition) is 3. The second-order valence-electron chi connectivity index (χ2n) is 1.80. The van der Waals surface area contributed by atoms with Crippen LogP contribution in [0.3, 0.4) is 0 Å². The van der Waals surface area contributed by atoms with Crippen LogP contribution < -0.4 is 5.14 Å². The van der Waals surface area contributed by atoms with Gasteiger partial charge in [0.25, 0.3) is 0 Å². The lowest BCUT2D eigenvalue weighted by Gasteiger charge is -1.97. The molecule has 10 heavy (non-hydrogen) atoms. The Hall–Kier alpha value is -0.120. The first-order chi connectivity index (χ1) is 4.86. The summed E-state index contributed by atoms with van der Waals surface area (Å²) in [7, 11) is 0. The molecule has 0 spiro atoms. The molecule has 0 heterocycles. The van der Waals surface area contributed by atoms with Gasteiger partial charge < -0.3 is 0 Å². The molecule has 0 amide bonds. The maximum Gasteiger partial charge on any atom is 0.0237 e. The van der Waals surface area contributed by atoms with Gasteiger partial charge in [0.15, 0.2) is 0 Å². The number of hydrogen-bond donors (Lipinski definition) is 1. The fourth-order valence-electron chi connectivity index (χ4n) is 0.674. The summed E-state index contributed by atoms with van der Waals surface area (Å²) in [6.07, 6.45) is 2.06. The van der Waals surface area contributed by atoms with Crippen LogP contribution in [0, 0.1) is 0 Å². The van der Waals surface area contributed by atoms with Gasteiger partial charge in [0.05, 0.1) is 0 Å². The van der Waals surface area contributed by atoms with E-state index in [4.69, 9.17) is 5.14 Å². The van der Waals surface area contributed by atoms with E-state index in [9.17, 15) is 0 Å². The molecule has 0 bridgehead atoms. The zero-order valence-electron chi connectivity index (χ0n) is 5.70. The van der Waals surface area contributed by atoms with Gasteiger partial charge in [-0.2, -0.15) is 0 Å². The lowest BCUT2D eigenvalue weighted by molar-refractivity contribution is 1.33. The van der Waals surface area contributed by atoms with Crippen LogP contribution in [0.15, 0.2) is 34.1 Å². The fourth-order valence-corrected chi connectivity index (χ4v) is 1.56. The number of rotatable bonds is 2. The summed E-state index contributed by atoms with van der Waals surface area (Å²) in [5.41, 5.74) is 0. The molecule has 1 aromatic rings. The molecule has 2 N–H and O–H groups in total. The molecule has 0 unspecified atom stereocenters. The SMILES string of the molecule is CSc1cccc(SN)c1. The Kier molecular flexibility index (Phi) is 3.12. The topological polar surface area (TPSA) is 26.0 Å². The molecule has 3 heteroatoms. The summed E-state index contributed by atoms with van der Waals surface area (Å²) in [6.45, 7) is 0. The monoisotopic (exact) mass is 171 g/mol. The van der Waals surface area contributed by atoms with Crippen molar-refractivity contribution >= 4 is 23.7 Å². The Balaban J connectivity index is 2.87. The highest BCUT2D eigenvalue weighted by Gasteiger charge is 1.91. The molecular formula is C7H9NS2. The summed E-state index contributed by atoms with van der Waals surface area (Å²) in [5.74, 6) is 0. The molecule has 0 aliphatic rings. The second kappa shape index (κ2) is 3.91. The third kappa shape index (κ3) is 1.94. The van der Waals surface area contributed by atoms with E-state index < -0.39 is 0 Å². The summed E-state index contributed by atoms with van der Waals surface area (Å²) in [5, 5.41) is 5.38. The summed E-state index contributed by atoms with van der Waals surface area (Å²) in [4.78, 5) is 2.38. The van der Waals surface area contributed by atoms with Crippen molar-refractivity contribution in [1.82, 2.24) is 0 Å². The summed E-state index contributed by atoms with van der Waals surface area (Å²) in [6, 6.07) is 8.17. The quantitative estimate of drug-likeness (QED) is 0.546. The molecule has 0 fully saturated rings. The first kappa shape index (κ1) is 7.98. The minimum atomic E-state index is 1.12. The van der Waals surface area contributed by atoms with Gasteiger partial charge in [-0.05, 0) is 36.4 Å². The molecule has 0 aliphatic carbocycles. The number of benzene rings is 1. The first-order valence-corrected chi connectivity index (χ1v) is 4.98. The van der Waals surface area contributed by atoms with E-state index >= 15 is 0 Å². The Labute approximate surface area is 69.5 Å². The van der Waals surface area contributed by atoms with E-state index in [0.29, 0.717) is 0 Å². The summed E-state index contributed by atoms with van der Waals surface area (Å²) < 4.78 is 0. The van der Waals surface area contributed by atoms with Crippen molar-refractivity contribution in [3.63, 3.8) is 0 Å². The van der Waals surface area contributed by atoms with E-state index in [-0.39, 0.29) is 0 Å². The second-order valence-corrected chi connectivity index (χ2v) is 3.38. The van der Waals surface area contributed by atoms with Crippen molar-refractivity contribution < 1.29 is 0 Å². The van der Waals surface area contributed by atoms with Crippen LogP contribution in [0.1, 0.15) is 0 Å². The zero-order chi connectivity index (χ0) is 7.40. The maximum atomic E-state index is 5.38. The van der Waals surface area contributed by atoms with Gasteiger partial charge in [0, 0.05) is 9.79 Å². The lowest BCUT2D eigenvalue weighted by Crippen LogP contribution is -1.78. The molecule has 0 aromatic heterocycles. The molecule has 0 atom stereocenters. The van der Waals surface area contributed by atoms with Gasteiger partial charge in [-0.1, -0.05) is 6.07 Å². The van der Waals surface area contributed by atoms with Crippen LogP contribution in [-0.4, -0.2) is 6.26 Å². The maximum absolute atomic E-state index is 5.38. The van der Waals surface area contributed by atoms with Crippen molar-refractivity contribution in [3.8, 4) is 0 Å². The van der Waals surface area contributed by atoms with Crippen molar-refractivity contribution in [2.24, 2.45) is 5.14 Å². The van der Waals surface area contributed by atoms with Crippen LogP contribution in [0.25, 0.3) is 0 Å². The van der Waals surface area contributed by atoms with Crippen molar-refractivity contribution in [1.29, 1.82) is 0 Å². The molecule has 1 nitrogen and oxygen atoms in total. The minimum Gasteiger partial charge on any atom is -0.274 e. The third-order valence-electron chi connectivity index (χ3n) is 1.18. The highest BCUT2D eigenvalue weighted by Crippen LogP contribution is 2.19. The Bertz CT molecular complexity index is 193. The Morgan fingerprint density at radius 1 is 1.30 bits per heavy atom. The normalized spacial score (nSPS) is 9.80. The first-order valence-electron chi connectivity index (χ1n) is 2.87. The van der Waals surface area contributed by atoms with E-state index in [1.165, 1.54) is 16.8 Å². The van der Waals surface area contributed by atoms with Crippen LogP contribution >= 0.6 is 23.7 Å². The smallest absolute Gasteiger partial charge is 0.0237 e. The molecule has 0 saturated carbocycles. The molecule has 0 saturated heterocycles. The Morgan fingerprint density at radius 2 is 2.00 bits per heavy atom. The van der Waals surface area contributed by atoms with Gasteiger partial charge in [-0.3, -0.25) is 5.14 Å². The predicted octanol–water partition coefficient (Wildman–Crippen LogP) is 2.37. The number of thioether (sulfide) groups is 1. The van der Waals surface area contributed by atoms with Crippen LogP contribution in [0.2, 0.25) is 0 Å². The van der Waals surface area contributed by atoms with E-state index in [1.54, 1.807) is 11.8 Å². The molecule has 1 aromatic carbocycles. The molecular weight excluding hydrogens is 162 g/mol. The van der Waals surface area contributed by atoms with Gasteiger partial charge in [0.1, 0.15) is 0 Å². The van der Waals surface area contributed by atoms with Crippen LogP contribution in [0.5, 0.6) is 0 Å². The van der Waals surface area contributed by atoms with Gasteiger partial charge >= 0.3 is 0 Å². The van der Waals surface area contributed by atoms with E-state index in [0.717, 1.165) is 4.90 Å². The average Bonchev–Trinajstić information content (AvgIpc) is 2.05. The lowest BCUT2D eigenvalue weighted by atomic mass is 10.4. The minimum absolute atomic E-state index is 1.12.